The summed E-state index contributed by atoms with van der Waals surface area (Å²) in [4.78, 5) is 0. The van der Waals surface area contributed by atoms with Crippen LogP contribution in [-0.2, 0) is 6.54 Å². The van der Waals surface area contributed by atoms with E-state index >= 15 is 0 Å². The largest absolute Gasteiger partial charge is 0.387 e. The number of rotatable bonds is 4. The van der Waals surface area contributed by atoms with Gasteiger partial charge in [-0.25, -0.2) is 0 Å². The van der Waals surface area contributed by atoms with Gasteiger partial charge in [0.25, 0.3) is 0 Å². The summed E-state index contributed by atoms with van der Waals surface area (Å²) in [6, 6.07) is 0. The van der Waals surface area contributed by atoms with Crippen LogP contribution in [0.25, 0.3) is 0 Å². The van der Waals surface area contributed by atoms with Crippen LogP contribution < -0.4 is 0 Å². The Morgan fingerprint density at radius 1 is 1.33 bits per heavy atom. The summed E-state index contributed by atoms with van der Waals surface area (Å²) < 4.78 is 1.83. The summed E-state index contributed by atoms with van der Waals surface area (Å²) in [5.74, 6) is 0. The Kier molecular flexibility index (Phi) is 4.40. The second kappa shape index (κ2) is 5.85. The first-order chi connectivity index (χ1) is 8.65. The highest BCUT2D eigenvalue weighted by molar-refractivity contribution is 5.13. The number of aryl methyl sites for hydroxylation is 1. The molecule has 0 radical (unpaired) electrons. The van der Waals surface area contributed by atoms with Crippen LogP contribution in [0.1, 0.15) is 63.5 Å². The van der Waals surface area contributed by atoms with Crippen LogP contribution in [0.15, 0.2) is 12.4 Å². The fourth-order valence-electron chi connectivity index (χ4n) is 2.80. The van der Waals surface area contributed by atoms with Gasteiger partial charge in [-0.1, -0.05) is 32.6 Å². The minimum atomic E-state index is -0.962. The van der Waals surface area contributed by atoms with Crippen molar-refractivity contribution in [1.82, 2.24) is 9.78 Å². The molecule has 4 nitrogen and oxygen atoms in total. The number of hydrogen-bond acceptors (Lipinski definition) is 3. The fourth-order valence-corrected chi connectivity index (χ4v) is 2.80. The molecule has 2 rings (SSSR count). The van der Waals surface area contributed by atoms with Crippen LogP contribution in [-0.4, -0.2) is 25.6 Å². The maximum absolute atomic E-state index is 10.6. The molecule has 1 unspecified atom stereocenters. The van der Waals surface area contributed by atoms with E-state index in [-0.39, 0.29) is 0 Å². The third kappa shape index (κ3) is 2.93. The van der Waals surface area contributed by atoms with Crippen molar-refractivity contribution in [2.24, 2.45) is 0 Å². The predicted octanol–water partition coefficient (Wildman–Crippen LogP) is 2.41. The molecule has 1 aliphatic carbocycles. The van der Waals surface area contributed by atoms with Crippen molar-refractivity contribution in [1.29, 1.82) is 0 Å². The third-order valence-corrected chi connectivity index (χ3v) is 3.90. The molecule has 0 amide bonds. The smallest absolute Gasteiger partial charge is 0.111 e. The monoisotopic (exact) mass is 252 g/mol. The Morgan fingerprint density at radius 2 is 2.00 bits per heavy atom. The lowest BCUT2D eigenvalue weighted by Gasteiger charge is -2.31. The molecule has 1 aliphatic rings. The molecule has 1 aromatic heterocycles. The molecule has 0 aliphatic heterocycles. The van der Waals surface area contributed by atoms with Gasteiger partial charge in [-0.15, -0.1) is 0 Å². The zero-order valence-electron chi connectivity index (χ0n) is 11.2. The minimum absolute atomic E-state index is 0.688. The number of aliphatic hydroxyl groups excluding tert-OH is 1. The van der Waals surface area contributed by atoms with Gasteiger partial charge in [0.15, 0.2) is 0 Å². The zero-order chi connectivity index (χ0) is 13.0. The second-order valence-corrected chi connectivity index (χ2v) is 5.46. The predicted molar refractivity (Wildman–Crippen MR) is 70.1 cm³/mol. The lowest BCUT2D eigenvalue weighted by atomic mass is 9.86. The maximum Gasteiger partial charge on any atom is 0.111 e. The maximum atomic E-state index is 10.6. The molecular formula is C14H24N2O2. The van der Waals surface area contributed by atoms with Crippen LogP contribution in [0.3, 0.4) is 0 Å². The Bertz CT molecular complexity index is 368. The van der Waals surface area contributed by atoms with E-state index in [2.05, 4.69) is 12.0 Å². The molecule has 1 fully saturated rings. The van der Waals surface area contributed by atoms with Crippen molar-refractivity contribution in [3.8, 4) is 0 Å². The molecule has 0 saturated heterocycles. The normalized spacial score (nSPS) is 21.5. The Morgan fingerprint density at radius 3 is 2.61 bits per heavy atom. The topological polar surface area (TPSA) is 58.3 Å². The lowest BCUT2D eigenvalue weighted by molar-refractivity contribution is -0.0867. The number of aromatic nitrogens is 2. The SMILES string of the molecule is CCCn1cc(C(O)C2(O)CCCCCC2)cn1. The summed E-state index contributed by atoms with van der Waals surface area (Å²) in [6.07, 6.45) is 9.44. The standard InChI is InChI=1S/C14H24N2O2/c1-2-9-16-11-12(10-15-16)13(17)14(18)7-5-3-4-6-8-14/h10-11,13,17-18H,2-9H2,1H3. The minimum Gasteiger partial charge on any atom is -0.387 e. The first-order valence-electron chi connectivity index (χ1n) is 7.08. The van der Waals surface area contributed by atoms with Crippen LogP contribution in [0, 0.1) is 0 Å². The molecular weight excluding hydrogens is 228 g/mol. The van der Waals surface area contributed by atoms with Crippen molar-refractivity contribution >= 4 is 0 Å². The van der Waals surface area contributed by atoms with E-state index in [0.717, 1.165) is 44.2 Å². The molecule has 0 aromatic carbocycles. The highest BCUT2D eigenvalue weighted by atomic mass is 16.3. The summed E-state index contributed by atoms with van der Waals surface area (Å²) in [7, 11) is 0. The molecule has 0 bridgehead atoms. The van der Waals surface area contributed by atoms with E-state index < -0.39 is 11.7 Å². The zero-order valence-corrected chi connectivity index (χ0v) is 11.2. The quantitative estimate of drug-likeness (QED) is 0.809. The van der Waals surface area contributed by atoms with Gasteiger partial charge < -0.3 is 10.2 Å². The van der Waals surface area contributed by atoms with Gasteiger partial charge in [0, 0.05) is 18.3 Å². The second-order valence-electron chi connectivity index (χ2n) is 5.46. The van der Waals surface area contributed by atoms with Crippen LogP contribution in [0.2, 0.25) is 0 Å². The molecule has 1 heterocycles. The highest BCUT2D eigenvalue weighted by Gasteiger charge is 2.37. The van der Waals surface area contributed by atoms with Gasteiger partial charge in [0.05, 0.1) is 11.8 Å². The van der Waals surface area contributed by atoms with E-state index in [9.17, 15) is 10.2 Å². The van der Waals surface area contributed by atoms with E-state index in [1.807, 2.05) is 10.9 Å². The summed E-state index contributed by atoms with van der Waals surface area (Å²) in [6.45, 7) is 2.95. The molecule has 18 heavy (non-hydrogen) atoms. The van der Waals surface area contributed by atoms with Crippen LogP contribution in [0.4, 0.5) is 0 Å². The van der Waals surface area contributed by atoms with Crippen molar-refractivity contribution in [3.63, 3.8) is 0 Å². The summed E-state index contributed by atoms with van der Waals surface area (Å²) in [5.41, 5.74) is -0.218. The van der Waals surface area contributed by atoms with Crippen molar-refractivity contribution < 1.29 is 10.2 Å². The molecule has 0 spiro atoms. The fraction of sp³-hybridized carbons (Fsp3) is 0.786. The van der Waals surface area contributed by atoms with Gasteiger partial charge in [0.1, 0.15) is 6.10 Å². The van der Waals surface area contributed by atoms with Crippen LogP contribution in [0.5, 0.6) is 0 Å². The molecule has 1 saturated carbocycles. The number of aliphatic hydroxyl groups is 2. The summed E-state index contributed by atoms with van der Waals surface area (Å²) in [5, 5.41) is 25.3. The Labute approximate surface area is 109 Å². The Hall–Kier alpha value is -0.870. The number of hydrogen-bond donors (Lipinski definition) is 2. The van der Waals surface area contributed by atoms with Crippen molar-refractivity contribution in [3.05, 3.63) is 18.0 Å². The van der Waals surface area contributed by atoms with Gasteiger partial charge in [-0.3, -0.25) is 4.68 Å². The van der Waals surface area contributed by atoms with E-state index in [1.165, 1.54) is 0 Å². The van der Waals surface area contributed by atoms with Crippen molar-refractivity contribution in [2.75, 3.05) is 0 Å². The third-order valence-electron chi connectivity index (χ3n) is 3.90. The van der Waals surface area contributed by atoms with E-state index in [4.69, 9.17) is 0 Å². The van der Waals surface area contributed by atoms with Gasteiger partial charge >= 0.3 is 0 Å². The van der Waals surface area contributed by atoms with Crippen molar-refractivity contribution in [2.45, 2.75) is 70.1 Å². The average molecular weight is 252 g/mol. The first-order valence-corrected chi connectivity index (χ1v) is 7.08. The van der Waals surface area contributed by atoms with Gasteiger partial charge in [0.2, 0.25) is 0 Å². The first kappa shape index (κ1) is 13.6. The van der Waals surface area contributed by atoms with Gasteiger partial charge in [-0.05, 0) is 19.3 Å². The summed E-state index contributed by atoms with van der Waals surface area (Å²) >= 11 is 0. The van der Waals surface area contributed by atoms with Crippen LogP contribution >= 0.6 is 0 Å². The average Bonchev–Trinajstić information content (AvgIpc) is 2.70. The molecule has 1 atom stereocenters. The number of nitrogens with zero attached hydrogens (tertiary/aromatic N) is 2. The highest BCUT2D eigenvalue weighted by Crippen LogP contribution is 2.37. The van der Waals surface area contributed by atoms with E-state index in [0.29, 0.717) is 12.8 Å². The molecule has 4 heteroatoms. The van der Waals surface area contributed by atoms with Gasteiger partial charge in [-0.2, -0.15) is 5.10 Å². The Balaban J connectivity index is 2.09. The van der Waals surface area contributed by atoms with E-state index in [1.54, 1.807) is 6.20 Å². The molecule has 2 N–H and O–H groups in total. The molecule has 1 aromatic rings. The lowest BCUT2D eigenvalue weighted by Crippen LogP contribution is -2.35. The molecule has 102 valence electrons.